The van der Waals surface area contributed by atoms with Gasteiger partial charge in [-0.3, -0.25) is 4.79 Å². The van der Waals surface area contributed by atoms with Gasteiger partial charge in [0.25, 0.3) is 0 Å². The number of ether oxygens (including phenoxy) is 1. The second-order valence-electron chi connectivity index (χ2n) is 4.87. The molecule has 0 spiro atoms. The van der Waals surface area contributed by atoms with E-state index in [1.807, 2.05) is 6.92 Å². The van der Waals surface area contributed by atoms with Crippen molar-refractivity contribution in [2.75, 3.05) is 0 Å². The lowest BCUT2D eigenvalue weighted by molar-refractivity contribution is -0.145. The number of carbonyl (C=O) groups is 1. The summed E-state index contributed by atoms with van der Waals surface area (Å²) >= 11 is 0. The molecule has 0 rings (SSSR count). The molecule has 0 aliphatic rings. The van der Waals surface area contributed by atoms with Crippen molar-refractivity contribution >= 4 is 5.97 Å². The van der Waals surface area contributed by atoms with E-state index in [9.17, 15) is 4.79 Å². The van der Waals surface area contributed by atoms with Crippen LogP contribution in [0, 0.1) is 0 Å². The van der Waals surface area contributed by atoms with Crippen LogP contribution in [0.4, 0.5) is 0 Å². The van der Waals surface area contributed by atoms with Crippen LogP contribution in [0.25, 0.3) is 0 Å². The molecule has 0 aliphatic carbocycles. The highest BCUT2D eigenvalue weighted by molar-refractivity contribution is 5.66. The maximum atomic E-state index is 10.7. The second-order valence-corrected chi connectivity index (χ2v) is 4.87. The lowest BCUT2D eigenvalue weighted by Crippen LogP contribution is -2.11. The Morgan fingerprint density at radius 1 is 1.12 bits per heavy atom. The number of hydrogen-bond acceptors (Lipinski definition) is 2. The van der Waals surface area contributed by atoms with Gasteiger partial charge in [-0.15, -0.1) is 0 Å². The summed E-state index contributed by atoms with van der Waals surface area (Å²) in [5.74, 6) is -0.193. The van der Waals surface area contributed by atoms with Gasteiger partial charge in [-0.05, 0) is 53.4 Å². The molecule has 0 fully saturated rings. The maximum absolute atomic E-state index is 10.7. The van der Waals surface area contributed by atoms with Crippen LogP contribution in [0.3, 0.4) is 0 Å². The van der Waals surface area contributed by atoms with Crippen LogP contribution in [0.5, 0.6) is 0 Å². The predicted octanol–water partition coefficient (Wildman–Crippen LogP) is 4.41. The van der Waals surface area contributed by atoms with Crippen molar-refractivity contribution in [2.24, 2.45) is 0 Å². The molecule has 0 N–H and O–H groups in total. The molecule has 0 amide bonds. The van der Waals surface area contributed by atoms with Gasteiger partial charge in [-0.1, -0.05) is 23.3 Å². The molecule has 1 atom stereocenters. The monoisotopic (exact) mass is 238 g/mol. The third-order valence-corrected chi connectivity index (χ3v) is 2.52. The van der Waals surface area contributed by atoms with Gasteiger partial charge in [0.1, 0.15) is 0 Å². The highest BCUT2D eigenvalue weighted by Gasteiger charge is 2.03. The smallest absolute Gasteiger partial charge is 0.302 e. The summed E-state index contributed by atoms with van der Waals surface area (Å²) in [5.41, 5.74) is 2.79. The maximum Gasteiger partial charge on any atom is 0.302 e. The van der Waals surface area contributed by atoms with Gasteiger partial charge in [0, 0.05) is 6.92 Å². The molecule has 1 unspecified atom stereocenters. The highest BCUT2D eigenvalue weighted by atomic mass is 16.5. The van der Waals surface area contributed by atoms with Crippen LogP contribution in [-0.4, -0.2) is 12.1 Å². The van der Waals surface area contributed by atoms with Crippen molar-refractivity contribution < 1.29 is 9.53 Å². The van der Waals surface area contributed by atoms with Gasteiger partial charge >= 0.3 is 5.97 Å². The third kappa shape index (κ3) is 11.2. The Balaban J connectivity index is 3.76. The average Bonchev–Trinajstić information content (AvgIpc) is 2.15. The molecule has 0 bridgehead atoms. The Labute approximate surface area is 106 Å². The molecule has 0 aromatic rings. The zero-order valence-electron chi connectivity index (χ0n) is 11.9. The first-order valence-electron chi connectivity index (χ1n) is 6.38. The summed E-state index contributed by atoms with van der Waals surface area (Å²) in [6, 6.07) is 0. The van der Waals surface area contributed by atoms with E-state index < -0.39 is 0 Å². The summed E-state index contributed by atoms with van der Waals surface area (Å²) in [6.07, 6.45) is 8.65. The Morgan fingerprint density at radius 2 is 1.76 bits per heavy atom. The Morgan fingerprint density at radius 3 is 2.29 bits per heavy atom. The molecule has 0 radical (unpaired) electrons. The number of esters is 1. The molecule has 0 aliphatic heterocycles. The fourth-order valence-corrected chi connectivity index (χ4v) is 1.60. The van der Waals surface area contributed by atoms with Crippen molar-refractivity contribution in [3.63, 3.8) is 0 Å². The summed E-state index contributed by atoms with van der Waals surface area (Å²) in [4.78, 5) is 10.7. The minimum atomic E-state index is -0.193. The zero-order chi connectivity index (χ0) is 13.3. The summed E-state index contributed by atoms with van der Waals surface area (Å²) in [6.45, 7) is 9.81. The molecular formula is C15H26O2. The standard InChI is InChI=1S/C15H26O2/c1-12(2)8-6-9-13(3)10-7-11-14(4)17-15(5)16/h8,10,14H,6-7,9,11H2,1-5H3/b13-10+. The zero-order valence-corrected chi connectivity index (χ0v) is 11.9. The van der Waals surface area contributed by atoms with E-state index >= 15 is 0 Å². The quantitative estimate of drug-likeness (QED) is 0.485. The van der Waals surface area contributed by atoms with E-state index in [1.54, 1.807) is 0 Å². The molecule has 17 heavy (non-hydrogen) atoms. The summed E-state index contributed by atoms with van der Waals surface area (Å²) in [7, 11) is 0. The van der Waals surface area contributed by atoms with E-state index in [0.29, 0.717) is 0 Å². The molecule has 2 heteroatoms. The fraction of sp³-hybridized carbons (Fsp3) is 0.667. The number of carbonyl (C=O) groups excluding carboxylic acids is 1. The first-order chi connectivity index (χ1) is 7.91. The van der Waals surface area contributed by atoms with Crippen LogP contribution in [-0.2, 0) is 9.53 Å². The number of hydrogen-bond donors (Lipinski definition) is 0. The van der Waals surface area contributed by atoms with Gasteiger partial charge in [0.15, 0.2) is 0 Å². The topological polar surface area (TPSA) is 26.3 Å². The van der Waals surface area contributed by atoms with Gasteiger partial charge in [0.2, 0.25) is 0 Å². The fourth-order valence-electron chi connectivity index (χ4n) is 1.60. The first-order valence-corrected chi connectivity index (χ1v) is 6.38. The van der Waals surface area contributed by atoms with Gasteiger partial charge < -0.3 is 4.74 Å². The highest BCUT2D eigenvalue weighted by Crippen LogP contribution is 2.10. The van der Waals surface area contributed by atoms with Crippen molar-refractivity contribution in [2.45, 2.75) is 66.4 Å². The van der Waals surface area contributed by atoms with E-state index in [0.717, 1.165) is 25.7 Å². The Bertz CT molecular complexity index is 283. The molecule has 98 valence electrons. The molecule has 0 aromatic heterocycles. The van der Waals surface area contributed by atoms with Crippen molar-refractivity contribution in [1.29, 1.82) is 0 Å². The van der Waals surface area contributed by atoms with Crippen molar-refractivity contribution in [3.05, 3.63) is 23.3 Å². The minimum absolute atomic E-state index is 0.0225. The van der Waals surface area contributed by atoms with Gasteiger partial charge in [-0.2, -0.15) is 0 Å². The molecule has 0 saturated heterocycles. The molecule has 2 nitrogen and oxygen atoms in total. The average molecular weight is 238 g/mol. The molecule has 0 heterocycles. The van der Waals surface area contributed by atoms with E-state index in [4.69, 9.17) is 4.74 Å². The van der Waals surface area contributed by atoms with Gasteiger partial charge in [0.05, 0.1) is 6.10 Å². The molecular weight excluding hydrogens is 212 g/mol. The van der Waals surface area contributed by atoms with Crippen LogP contribution in [0.15, 0.2) is 23.3 Å². The summed E-state index contributed by atoms with van der Waals surface area (Å²) < 4.78 is 5.07. The molecule has 0 aromatic carbocycles. The third-order valence-electron chi connectivity index (χ3n) is 2.52. The first kappa shape index (κ1) is 16.0. The van der Waals surface area contributed by atoms with E-state index in [-0.39, 0.29) is 12.1 Å². The number of allylic oxidation sites excluding steroid dienone is 4. The van der Waals surface area contributed by atoms with Crippen molar-refractivity contribution in [1.82, 2.24) is 0 Å². The van der Waals surface area contributed by atoms with E-state index in [1.165, 1.54) is 18.1 Å². The van der Waals surface area contributed by atoms with Crippen LogP contribution in [0.2, 0.25) is 0 Å². The minimum Gasteiger partial charge on any atom is -0.463 e. The SMILES string of the molecule is CC(=O)OC(C)CC/C=C(\C)CCC=C(C)C. The number of rotatable bonds is 7. The second kappa shape index (κ2) is 9.03. The van der Waals surface area contributed by atoms with Gasteiger partial charge in [-0.25, -0.2) is 0 Å². The Hall–Kier alpha value is -1.05. The van der Waals surface area contributed by atoms with Crippen LogP contribution in [0.1, 0.15) is 60.3 Å². The Kier molecular flexibility index (Phi) is 8.47. The summed E-state index contributed by atoms with van der Waals surface area (Å²) in [5, 5.41) is 0. The largest absolute Gasteiger partial charge is 0.463 e. The van der Waals surface area contributed by atoms with Crippen LogP contribution >= 0.6 is 0 Å². The predicted molar refractivity (Wildman–Crippen MR) is 72.9 cm³/mol. The molecule has 0 saturated carbocycles. The van der Waals surface area contributed by atoms with Crippen molar-refractivity contribution in [3.8, 4) is 0 Å². The lowest BCUT2D eigenvalue weighted by Gasteiger charge is -2.10. The van der Waals surface area contributed by atoms with E-state index in [2.05, 4.69) is 32.9 Å². The lowest BCUT2D eigenvalue weighted by atomic mass is 10.1. The normalized spacial score (nSPS) is 13.1. The van der Waals surface area contributed by atoms with Crippen LogP contribution < -0.4 is 0 Å².